The van der Waals surface area contributed by atoms with Gasteiger partial charge in [-0.1, -0.05) is 55.8 Å². The van der Waals surface area contributed by atoms with E-state index in [-0.39, 0.29) is 48.9 Å². The molecule has 260 valence electrons. The number of nitrogens with two attached hydrogens (primary N) is 1. The number of primary amides is 1. The van der Waals surface area contributed by atoms with Crippen LogP contribution in [0.1, 0.15) is 63.6 Å². The minimum absolute atomic E-state index is 0.0454. The van der Waals surface area contributed by atoms with E-state index in [0.29, 0.717) is 25.0 Å². The molecule has 1 aliphatic heterocycles. The number of imide groups is 1. The van der Waals surface area contributed by atoms with Crippen molar-refractivity contribution in [3.8, 4) is 0 Å². The largest absolute Gasteiger partial charge is 0.391 e. The molecule has 1 saturated heterocycles. The summed E-state index contributed by atoms with van der Waals surface area (Å²) < 4.78 is 28.7. The van der Waals surface area contributed by atoms with E-state index in [9.17, 15) is 28.3 Å². The fraction of sp³-hybridized carbons (Fsp3) is 0.500. The van der Waals surface area contributed by atoms with E-state index >= 15 is 0 Å². The van der Waals surface area contributed by atoms with E-state index in [1.807, 2.05) is 18.2 Å². The van der Waals surface area contributed by atoms with Gasteiger partial charge < -0.3 is 21.1 Å². The van der Waals surface area contributed by atoms with Crippen LogP contribution in [0, 0.1) is 28.9 Å². The Morgan fingerprint density at radius 1 is 1.04 bits per heavy atom. The van der Waals surface area contributed by atoms with Crippen molar-refractivity contribution < 1.29 is 28.3 Å². The summed E-state index contributed by atoms with van der Waals surface area (Å²) in [5.41, 5.74) is 7.78. The van der Waals surface area contributed by atoms with E-state index in [4.69, 9.17) is 5.73 Å². The summed E-state index contributed by atoms with van der Waals surface area (Å²) in [5.74, 6) is -4.34. The first kappa shape index (κ1) is 37.1. The third kappa shape index (κ3) is 8.84. The number of halogens is 2. The predicted octanol–water partition coefficient (Wildman–Crippen LogP) is 4.69. The van der Waals surface area contributed by atoms with E-state index in [1.165, 1.54) is 22.6 Å². The van der Waals surface area contributed by atoms with Crippen LogP contribution in [0.5, 0.6) is 0 Å². The first-order chi connectivity index (χ1) is 22.9. The normalized spacial score (nSPS) is 20.1. The Labute approximate surface area is 283 Å². The zero-order chi connectivity index (χ0) is 35.0. The number of benzene rings is 2. The fourth-order valence-electron chi connectivity index (χ4n) is 7.26. The number of aliphatic hydroxyl groups excluding tert-OH is 1. The molecule has 4 rings (SSSR count). The Morgan fingerprint density at radius 2 is 1.71 bits per heavy atom. The number of aliphatic hydroxyl groups is 1. The number of aryl methyl sites for hydroxylation is 1. The number of carbonyl (C=O) groups excluding carboxylic acids is 3. The lowest BCUT2D eigenvalue weighted by Crippen LogP contribution is -2.52. The second-order valence-electron chi connectivity index (χ2n) is 13.2. The molecule has 10 heteroatoms. The van der Waals surface area contributed by atoms with Gasteiger partial charge in [-0.3, -0.25) is 19.3 Å². The highest BCUT2D eigenvalue weighted by Gasteiger charge is 2.49. The van der Waals surface area contributed by atoms with Crippen molar-refractivity contribution in [1.29, 1.82) is 0 Å². The average Bonchev–Trinajstić information content (AvgIpc) is 3.06. The third-order valence-corrected chi connectivity index (χ3v) is 9.90. The average molecular weight is 665 g/mol. The van der Waals surface area contributed by atoms with E-state index in [1.54, 1.807) is 26.0 Å². The molecule has 0 saturated carbocycles. The van der Waals surface area contributed by atoms with Gasteiger partial charge in [0.1, 0.15) is 11.6 Å². The highest BCUT2D eigenvalue weighted by Crippen LogP contribution is 2.44. The molecule has 0 spiro atoms. The van der Waals surface area contributed by atoms with Gasteiger partial charge in [-0.15, -0.1) is 0 Å². The Hall–Kier alpha value is -3.73. The van der Waals surface area contributed by atoms with Crippen molar-refractivity contribution in [2.75, 3.05) is 32.7 Å². The van der Waals surface area contributed by atoms with Gasteiger partial charge in [0.15, 0.2) is 0 Å². The summed E-state index contributed by atoms with van der Waals surface area (Å²) in [6.45, 7) is 10.7. The molecule has 0 radical (unpaired) electrons. The minimum Gasteiger partial charge on any atom is -0.391 e. The summed E-state index contributed by atoms with van der Waals surface area (Å²) in [6.07, 6.45) is 4.04. The molecule has 0 bridgehead atoms. The quantitative estimate of drug-likeness (QED) is 0.253. The number of nitrogens with zero attached hydrogens (tertiary/aromatic N) is 2. The summed E-state index contributed by atoms with van der Waals surface area (Å²) in [5, 5.41) is 15.0. The van der Waals surface area contributed by atoms with Crippen LogP contribution in [0.3, 0.4) is 0 Å². The van der Waals surface area contributed by atoms with Crippen LogP contribution in [0.25, 0.3) is 0 Å². The SMILES string of the molecule is CCc1cccc(CNC[C@H](O)[C@@H](Cc2cc(F)cc(F)c2)C2(C(N)=O)C=C(C)C=C(C(=O)N(CC)C(=O)C3CCN(CC)CC3)C2)c1. The summed E-state index contributed by atoms with van der Waals surface area (Å²) in [4.78, 5) is 44.8. The molecule has 8 nitrogen and oxygen atoms in total. The van der Waals surface area contributed by atoms with E-state index < -0.39 is 40.9 Å². The van der Waals surface area contributed by atoms with Crippen LogP contribution in [-0.2, 0) is 33.8 Å². The Balaban J connectivity index is 1.63. The monoisotopic (exact) mass is 664 g/mol. The maximum Gasteiger partial charge on any atom is 0.256 e. The number of likely N-dealkylation sites (tertiary alicyclic amines) is 1. The molecule has 1 heterocycles. The van der Waals surface area contributed by atoms with Gasteiger partial charge in [-0.05, 0) is 94.4 Å². The Bertz CT molecular complexity index is 1510. The van der Waals surface area contributed by atoms with Crippen LogP contribution in [0.2, 0.25) is 0 Å². The van der Waals surface area contributed by atoms with Gasteiger partial charge in [0.2, 0.25) is 11.8 Å². The van der Waals surface area contributed by atoms with Crippen molar-refractivity contribution in [1.82, 2.24) is 15.1 Å². The van der Waals surface area contributed by atoms with Gasteiger partial charge >= 0.3 is 0 Å². The molecule has 1 unspecified atom stereocenters. The van der Waals surface area contributed by atoms with Crippen LogP contribution < -0.4 is 11.1 Å². The topological polar surface area (TPSA) is 116 Å². The molecule has 4 N–H and O–H groups in total. The van der Waals surface area contributed by atoms with Crippen molar-refractivity contribution in [2.24, 2.45) is 23.0 Å². The molecule has 3 atom stereocenters. The number of allylic oxidation sites excluding steroid dienone is 2. The Kier molecular flexibility index (Phi) is 12.8. The summed E-state index contributed by atoms with van der Waals surface area (Å²) >= 11 is 0. The zero-order valence-electron chi connectivity index (χ0n) is 28.6. The summed E-state index contributed by atoms with van der Waals surface area (Å²) in [6, 6.07) is 11.1. The van der Waals surface area contributed by atoms with Crippen molar-refractivity contribution in [3.05, 3.63) is 94.1 Å². The molecular formula is C38H50F2N4O4. The van der Waals surface area contributed by atoms with Gasteiger partial charge in [0, 0.05) is 43.1 Å². The number of piperidine rings is 1. The maximum atomic E-state index is 14.3. The van der Waals surface area contributed by atoms with E-state index in [0.717, 1.165) is 37.7 Å². The first-order valence-corrected chi connectivity index (χ1v) is 17.1. The number of hydrogen-bond donors (Lipinski definition) is 3. The minimum atomic E-state index is -1.59. The van der Waals surface area contributed by atoms with Crippen LogP contribution in [0.15, 0.2) is 65.8 Å². The standard InChI is InChI=1S/C38H50F2N4O4/c1-5-26-9-8-10-27(16-26)23-42-24-34(45)33(19-28-17-31(39)20-32(40)18-28)38(37(41)48)21-25(4)15-30(22-38)36(47)44(7-3)35(46)29-11-13-43(6-2)14-12-29/h8-10,15-18,20-21,29,33-34,42,45H,5-7,11-14,19,22-24H2,1-4H3,(H2,41,48)/t33-,34+,38?/m1/s1. The fourth-order valence-corrected chi connectivity index (χ4v) is 7.26. The number of carbonyl (C=O) groups is 3. The molecule has 48 heavy (non-hydrogen) atoms. The van der Waals surface area contributed by atoms with Crippen LogP contribution >= 0.6 is 0 Å². The van der Waals surface area contributed by atoms with Crippen molar-refractivity contribution >= 4 is 17.7 Å². The highest BCUT2D eigenvalue weighted by atomic mass is 19.1. The Morgan fingerprint density at radius 3 is 2.31 bits per heavy atom. The second-order valence-corrected chi connectivity index (χ2v) is 13.2. The second kappa shape index (κ2) is 16.6. The lowest BCUT2D eigenvalue weighted by Gasteiger charge is -2.42. The number of hydrogen-bond acceptors (Lipinski definition) is 6. The molecule has 1 aliphatic carbocycles. The van der Waals surface area contributed by atoms with Crippen LogP contribution in [-0.4, -0.2) is 71.5 Å². The highest BCUT2D eigenvalue weighted by molar-refractivity contribution is 6.06. The van der Waals surface area contributed by atoms with Crippen molar-refractivity contribution in [3.63, 3.8) is 0 Å². The third-order valence-electron chi connectivity index (χ3n) is 9.90. The lowest BCUT2D eigenvalue weighted by atomic mass is 9.63. The zero-order valence-corrected chi connectivity index (χ0v) is 28.6. The molecular weight excluding hydrogens is 614 g/mol. The number of nitrogens with one attached hydrogen (secondary N) is 1. The van der Waals surface area contributed by atoms with Gasteiger partial charge in [-0.2, -0.15) is 0 Å². The van der Waals surface area contributed by atoms with Gasteiger partial charge in [0.05, 0.1) is 11.5 Å². The first-order valence-electron chi connectivity index (χ1n) is 17.1. The van der Waals surface area contributed by atoms with Gasteiger partial charge in [0.25, 0.3) is 5.91 Å². The van der Waals surface area contributed by atoms with Crippen LogP contribution in [0.4, 0.5) is 8.78 Å². The smallest absolute Gasteiger partial charge is 0.256 e. The number of rotatable bonds is 14. The molecule has 2 aromatic rings. The molecule has 2 aromatic carbocycles. The molecule has 2 aliphatic rings. The lowest BCUT2D eigenvalue weighted by molar-refractivity contribution is -0.146. The maximum absolute atomic E-state index is 14.3. The number of amides is 3. The molecule has 1 fully saturated rings. The van der Waals surface area contributed by atoms with Crippen molar-refractivity contribution in [2.45, 2.75) is 72.4 Å². The van der Waals surface area contributed by atoms with E-state index in [2.05, 4.69) is 30.1 Å². The molecule has 3 amide bonds. The predicted molar refractivity (Wildman–Crippen MR) is 182 cm³/mol. The molecule has 0 aromatic heterocycles. The van der Waals surface area contributed by atoms with Gasteiger partial charge in [-0.25, -0.2) is 8.78 Å². The number of likely N-dealkylation sites (N-methyl/N-ethyl adjacent to an activating group) is 1. The summed E-state index contributed by atoms with van der Waals surface area (Å²) in [7, 11) is 0.